The molecule has 0 aliphatic heterocycles. The van der Waals surface area contributed by atoms with Gasteiger partial charge in [-0.3, -0.25) is 0 Å². The largest absolute Gasteiger partial charge is 0.493 e. The summed E-state index contributed by atoms with van der Waals surface area (Å²) < 4.78 is 40.4. The molecule has 1 saturated carbocycles. The highest BCUT2D eigenvalue weighted by molar-refractivity contribution is 7.89. The Bertz CT molecular complexity index is 1010. The van der Waals surface area contributed by atoms with E-state index in [1.54, 1.807) is 42.8 Å². The molecule has 2 aromatic rings. The summed E-state index contributed by atoms with van der Waals surface area (Å²) in [5.74, 6) is 2.37. The lowest BCUT2D eigenvalue weighted by atomic mass is 9.74. The Morgan fingerprint density at radius 3 is 2.28 bits per heavy atom. The second kappa shape index (κ2) is 10.4. The van der Waals surface area contributed by atoms with Gasteiger partial charge in [0, 0.05) is 17.6 Å². The lowest BCUT2D eigenvalue weighted by molar-refractivity contribution is 0.110. The fourth-order valence-corrected chi connectivity index (χ4v) is 6.56. The number of rotatable bonds is 8. The highest BCUT2D eigenvalue weighted by Crippen LogP contribution is 2.40. The van der Waals surface area contributed by atoms with Gasteiger partial charge in [0.2, 0.25) is 10.0 Å². The molecule has 0 N–H and O–H groups in total. The van der Waals surface area contributed by atoms with Crippen molar-refractivity contribution in [1.82, 2.24) is 4.31 Å². The Labute approximate surface area is 197 Å². The Hall–Kier alpha value is -1.76. The molecule has 7 heteroatoms. The highest BCUT2D eigenvalue weighted by atomic mass is 35.5. The van der Waals surface area contributed by atoms with E-state index < -0.39 is 10.0 Å². The van der Waals surface area contributed by atoms with Crippen molar-refractivity contribution in [2.45, 2.75) is 57.5 Å². The average molecular weight is 480 g/mol. The maximum atomic E-state index is 13.9. The lowest BCUT2D eigenvalue weighted by Crippen LogP contribution is -2.48. The molecule has 1 fully saturated rings. The van der Waals surface area contributed by atoms with Crippen molar-refractivity contribution >= 4 is 21.6 Å². The Balaban J connectivity index is 2.07. The summed E-state index contributed by atoms with van der Waals surface area (Å²) in [6, 6.07) is 12.0. The zero-order valence-corrected chi connectivity index (χ0v) is 21.1. The minimum atomic E-state index is -3.74. The molecule has 3 atom stereocenters. The summed E-state index contributed by atoms with van der Waals surface area (Å²) >= 11 is 6.03. The quantitative estimate of drug-likeness (QED) is 0.465. The summed E-state index contributed by atoms with van der Waals surface area (Å²) in [5.41, 5.74) is 0.862. The molecule has 0 unspecified atom stereocenters. The molecule has 176 valence electrons. The van der Waals surface area contributed by atoms with Gasteiger partial charge >= 0.3 is 0 Å². The maximum absolute atomic E-state index is 13.9. The second-order valence-electron chi connectivity index (χ2n) is 9.09. The molecule has 0 saturated heterocycles. The van der Waals surface area contributed by atoms with Crippen LogP contribution >= 0.6 is 11.6 Å². The first-order valence-corrected chi connectivity index (χ1v) is 13.0. The summed E-state index contributed by atoms with van der Waals surface area (Å²) in [6.07, 6.45) is 3.01. The van der Waals surface area contributed by atoms with E-state index in [-0.39, 0.29) is 17.5 Å². The number of hydrogen-bond donors (Lipinski definition) is 0. The molecule has 2 aromatic carbocycles. The summed E-state index contributed by atoms with van der Waals surface area (Å²) in [7, 11) is -0.565. The van der Waals surface area contributed by atoms with E-state index in [1.165, 1.54) is 0 Å². The van der Waals surface area contributed by atoms with Gasteiger partial charge in [-0.1, -0.05) is 44.9 Å². The van der Waals surface area contributed by atoms with Crippen molar-refractivity contribution in [2.24, 2.45) is 17.8 Å². The van der Waals surface area contributed by atoms with Crippen molar-refractivity contribution in [3.8, 4) is 11.5 Å². The SMILES string of the molecule is COc1ccc(CN([C@@H]2C[C@H](C)CC[C@H]2C(C)C)S(=O)(=O)c2ccc(Cl)cc2)cc1OC. The van der Waals surface area contributed by atoms with Crippen LogP contribution in [0.5, 0.6) is 11.5 Å². The Morgan fingerprint density at radius 2 is 1.69 bits per heavy atom. The van der Waals surface area contributed by atoms with Crippen LogP contribution in [0.15, 0.2) is 47.4 Å². The minimum Gasteiger partial charge on any atom is -0.493 e. The van der Waals surface area contributed by atoms with Crippen LogP contribution in [0, 0.1) is 17.8 Å². The summed E-state index contributed by atoms with van der Waals surface area (Å²) in [6.45, 7) is 6.87. The van der Waals surface area contributed by atoms with Gasteiger partial charge in [-0.25, -0.2) is 8.42 Å². The zero-order valence-electron chi connectivity index (χ0n) is 19.5. The van der Waals surface area contributed by atoms with E-state index in [0.717, 1.165) is 24.8 Å². The van der Waals surface area contributed by atoms with Crippen molar-refractivity contribution in [3.63, 3.8) is 0 Å². The minimum absolute atomic E-state index is 0.0764. The fourth-order valence-electron chi connectivity index (χ4n) is 4.76. The van der Waals surface area contributed by atoms with Crippen LogP contribution in [0.2, 0.25) is 5.02 Å². The van der Waals surface area contributed by atoms with Crippen LogP contribution in [0.1, 0.15) is 45.6 Å². The highest BCUT2D eigenvalue weighted by Gasteiger charge is 2.40. The Kier molecular flexibility index (Phi) is 8.12. The van der Waals surface area contributed by atoms with Gasteiger partial charge in [-0.15, -0.1) is 0 Å². The third-order valence-electron chi connectivity index (χ3n) is 6.56. The van der Waals surface area contributed by atoms with Crippen LogP contribution in [0.4, 0.5) is 0 Å². The predicted octanol–water partition coefficient (Wildman–Crippen LogP) is 6.01. The normalized spacial score (nSPS) is 21.7. The molecule has 3 rings (SSSR count). The lowest BCUT2D eigenvalue weighted by Gasteiger charge is -2.43. The number of hydrogen-bond acceptors (Lipinski definition) is 4. The van der Waals surface area contributed by atoms with Crippen molar-refractivity contribution < 1.29 is 17.9 Å². The van der Waals surface area contributed by atoms with Crippen LogP contribution in [-0.2, 0) is 16.6 Å². The van der Waals surface area contributed by atoms with E-state index in [1.807, 2.05) is 18.2 Å². The van der Waals surface area contributed by atoms with E-state index >= 15 is 0 Å². The van der Waals surface area contributed by atoms with Gasteiger partial charge in [0.05, 0.1) is 19.1 Å². The number of methoxy groups -OCH3 is 2. The molecule has 0 heterocycles. The predicted molar refractivity (Wildman–Crippen MR) is 129 cm³/mol. The van der Waals surface area contributed by atoms with Crippen molar-refractivity contribution in [1.29, 1.82) is 0 Å². The first-order chi connectivity index (χ1) is 15.2. The molecule has 1 aliphatic carbocycles. The molecule has 1 aliphatic rings. The van der Waals surface area contributed by atoms with Crippen molar-refractivity contribution in [2.75, 3.05) is 14.2 Å². The third kappa shape index (κ3) is 5.41. The van der Waals surface area contributed by atoms with Crippen LogP contribution in [0.3, 0.4) is 0 Å². The van der Waals surface area contributed by atoms with Gasteiger partial charge in [0.15, 0.2) is 11.5 Å². The Morgan fingerprint density at radius 1 is 1.03 bits per heavy atom. The standard InChI is InChI=1S/C25H34ClNO4S/c1-17(2)22-12-6-18(3)14-23(22)27(32(28,29)21-10-8-20(26)9-11-21)16-19-7-13-24(30-4)25(15-19)31-5/h7-11,13,15,17-18,22-23H,6,12,14,16H2,1-5H3/t18-,22+,23-/m1/s1. The molecule has 5 nitrogen and oxygen atoms in total. The van der Waals surface area contributed by atoms with Gasteiger partial charge < -0.3 is 9.47 Å². The smallest absolute Gasteiger partial charge is 0.243 e. The molecule has 0 radical (unpaired) electrons. The zero-order chi connectivity index (χ0) is 23.5. The van der Waals surface area contributed by atoms with Gasteiger partial charge in [-0.05, 0) is 72.6 Å². The monoisotopic (exact) mass is 479 g/mol. The van der Waals surface area contributed by atoms with Gasteiger partial charge in [0.25, 0.3) is 0 Å². The van der Waals surface area contributed by atoms with Crippen molar-refractivity contribution in [3.05, 3.63) is 53.1 Å². The van der Waals surface area contributed by atoms with Crippen LogP contribution in [-0.4, -0.2) is 33.0 Å². The van der Waals surface area contributed by atoms with E-state index in [0.29, 0.717) is 34.3 Å². The van der Waals surface area contributed by atoms with E-state index in [2.05, 4.69) is 20.8 Å². The number of sulfonamides is 1. The second-order valence-corrected chi connectivity index (χ2v) is 11.4. The number of nitrogens with zero attached hydrogens (tertiary/aromatic N) is 1. The molecule has 0 spiro atoms. The van der Waals surface area contributed by atoms with Crippen LogP contribution in [0.25, 0.3) is 0 Å². The molecule has 0 aromatic heterocycles. The average Bonchev–Trinajstić information content (AvgIpc) is 2.77. The maximum Gasteiger partial charge on any atom is 0.243 e. The molecular weight excluding hydrogens is 446 g/mol. The molecule has 32 heavy (non-hydrogen) atoms. The van der Waals surface area contributed by atoms with Gasteiger partial charge in [0.1, 0.15) is 0 Å². The van der Waals surface area contributed by atoms with Gasteiger partial charge in [-0.2, -0.15) is 4.31 Å². The first-order valence-electron chi connectivity index (χ1n) is 11.2. The summed E-state index contributed by atoms with van der Waals surface area (Å²) in [5, 5.41) is 0.515. The number of ether oxygens (including phenoxy) is 2. The molecule has 0 amide bonds. The van der Waals surface area contributed by atoms with E-state index in [9.17, 15) is 8.42 Å². The first kappa shape index (κ1) is 24.9. The number of benzene rings is 2. The summed E-state index contributed by atoms with van der Waals surface area (Å²) in [4.78, 5) is 0.267. The van der Waals surface area contributed by atoms with E-state index in [4.69, 9.17) is 21.1 Å². The number of halogens is 1. The fraction of sp³-hybridized carbons (Fsp3) is 0.520. The molecular formula is C25H34ClNO4S. The third-order valence-corrected chi connectivity index (χ3v) is 8.70. The van der Waals surface area contributed by atoms with Crippen LogP contribution < -0.4 is 9.47 Å². The topological polar surface area (TPSA) is 55.8 Å². The molecule has 0 bridgehead atoms.